The zero-order chi connectivity index (χ0) is 10.7. The summed E-state index contributed by atoms with van der Waals surface area (Å²) in [6.07, 6.45) is 1.49. The van der Waals surface area contributed by atoms with Gasteiger partial charge in [0.25, 0.3) is 0 Å². The molecule has 1 heterocycles. The average Bonchev–Trinajstić information content (AvgIpc) is 2.45. The number of hydrogen-bond acceptors (Lipinski definition) is 3. The quantitative estimate of drug-likeness (QED) is 0.758. The second-order valence-electron chi connectivity index (χ2n) is 2.61. The minimum atomic E-state index is -3.11. The lowest BCUT2D eigenvalue weighted by Crippen LogP contribution is -2.13. The highest BCUT2D eigenvalue weighted by Gasteiger charge is 2.17. The Bertz CT molecular complexity index is 336. The summed E-state index contributed by atoms with van der Waals surface area (Å²) in [5.41, 5.74) is 5.78. The van der Waals surface area contributed by atoms with Gasteiger partial charge >= 0.3 is 12.6 Å². The Balaban J connectivity index is 2.88. The number of nitrogen functional groups attached to an aromatic ring is 1. The van der Waals surface area contributed by atoms with Crippen LogP contribution < -0.4 is 5.73 Å². The molecule has 0 fully saturated rings. The molecule has 1 rings (SSSR count). The van der Waals surface area contributed by atoms with Gasteiger partial charge in [-0.3, -0.25) is 0 Å². The summed E-state index contributed by atoms with van der Waals surface area (Å²) in [6, 6.07) is 1.30. The van der Waals surface area contributed by atoms with Crippen LogP contribution >= 0.6 is 0 Å². The number of hydrogen-bond donors (Lipinski definition) is 1. The van der Waals surface area contributed by atoms with Gasteiger partial charge in [-0.25, -0.2) is 4.79 Å². The smallest absolute Gasteiger partial charge is 0.389 e. The number of alkyl halides is 2. The van der Waals surface area contributed by atoms with E-state index in [9.17, 15) is 13.6 Å². The highest BCUT2D eigenvalue weighted by molar-refractivity contribution is 5.89. The molecular weight excluding hydrogens is 194 g/mol. The van der Waals surface area contributed by atoms with Crippen molar-refractivity contribution in [3.8, 4) is 0 Å². The van der Waals surface area contributed by atoms with Crippen molar-refractivity contribution in [2.75, 3.05) is 5.73 Å². The van der Waals surface area contributed by atoms with Gasteiger partial charge in [0.2, 0.25) is 0 Å². The molecule has 2 N–H and O–H groups in total. The third-order valence-electron chi connectivity index (χ3n) is 1.66. The Labute approximate surface area is 79.3 Å². The maximum atomic E-state index is 11.7. The van der Waals surface area contributed by atoms with Crippen LogP contribution in [0.1, 0.15) is 17.4 Å². The number of nitrogens with two attached hydrogens (primary N) is 1. The van der Waals surface area contributed by atoms with E-state index in [1.54, 1.807) is 6.92 Å². The van der Waals surface area contributed by atoms with E-state index >= 15 is 0 Å². The van der Waals surface area contributed by atoms with Crippen molar-refractivity contribution in [1.29, 1.82) is 0 Å². The fraction of sp³-hybridized carbons (Fsp3) is 0.375. The normalized spacial score (nSPS) is 10.6. The monoisotopic (exact) mass is 204 g/mol. The van der Waals surface area contributed by atoms with E-state index in [2.05, 4.69) is 4.74 Å². The predicted molar refractivity (Wildman–Crippen MR) is 45.9 cm³/mol. The summed E-state index contributed by atoms with van der Waals surface area (Å²) in [5.74, 6) is -1.07. The molecule has 78 valence electrons. The van der Waals surface area contributed by atoms with Crippen molar-refractivity contribution in [1.82, 2.24) is 4.57 Å². The number of carbonyl (C=O) groups is 1. The summed E-state index contributed by atoms with van der Waals surface area (Å²) in [5, 5.41) is 0. The molecule has 1 aromatic rings. The molecule has 6 heteroatoms. The molecule has 14 heavy (non-hydrogen) atoms. The SMILES string of the molecule is CCn1cc(N)cc1C(=O)OC(F)F. The van der Waals surface area contributed by atoms with E-state index in [4.69, 9.17) is 5.73 Å². The Morgan fingerprint density at radius 2 is 2.36 bits per heavy atom. The largest absolute Gasteiger partial charge is 0.398 e. The third-order valence-corrected chi connectivity index (χ3v) is 1.66. The van der Waals surface area contributed by atoms with Crippen LogP contribution in [0, 0.1) is 0 Å². The summed E-state index contributed by atoms with van der Waals surface area (Å²) in [6.45, 7) is -0.882. The third kappa shape index (κ3) is 2.21. The number of esters is 1. The van der Waals surface area contributed by atoms with Gasteiger partial charge in [-0.05, 0) is 13.0 Å². The Hall–Kier alpha value is -1.59. The Morgan fingerprint density at radius 3 is 2.86 bits per heavy atom. The fourth-order valence-corrected chi connectivity index (χ4v) is 1.11. The van der Waals surface area contributed by atoms with Crippen LogP contribution in [0.5, 0.6) is 0 Å². The molecule has 0 aliphatic carbocycles. The lowest BCUT2D eigenvalue weighted by Gasteiger charge is -2.05. The summed E-state index contributed by atoms with van der Waals surface area (Å²) in [4.78, 5) is 11.1. The number of aromatic nitrogens is 1. The first-order chi connectivity index (χ1) is 6.54. The maximum absolute atomic E-state index is 11.7. The molecule has 0 spiro atoms. The molecule has 0 radical (unpaired) electrons. The van der Waals surface area contributed by atoms with E-state index in [-0.39, 0.29) is 5.69 Å². The van der Waals surface area contributed by atoms with Gasteiger partial charge in [-0.2, -0.15) is 8.78 Å². The highest BCUT2D eigenvalue weighted by Crippen LogP contribution is 2.13. The number of ether oxygens (including phenoxy) is 1. The van der Waals surface area contributed by atoms with Crippen molar-refractivity contribution in [3.05, 3.63) is 18.0 Å². The molecule has 0 amide bonds. The summed E-state index contributed by atoms with van der Waals surface area (Å²) >= 11 is 0. The molecule has 4 nitrogen and oxygen atoms in total. The molecule has 0 aliphatic heterocycles. The molecule has 0 aromatic carbocycles. The van der Waals surface area contributed by atoms with Gasteiger partial charge in [-0.1, -0.05) is 0 Å². The maximum Gasteiger partial charge on any atom is 0.389 e. The lowest BCUT2D eigenvalue weighted by atomic mass is 10.4. The molecule has 0 bridgehead atoms. The van der Waals surface area contributed by atoms with Crippen LogP contribution in [0.15, 0.2) is 12.3 Å². The number of carbonyl (C=O) groups excluding carboxylic acids is 1. The molecule has 0 unspecified atom stereocenters. The summed E-state index contributed by atoms with van der Waals surface area (Å²) < 4.78 is 28.6. The van der Waals surface area contributed by atoms with Crippen LogP contribution in [0.4, 0.5) is 14.5 Å². The number of halogens is 2. The number of rotatable bonds is 3. The van der Waals surface area contributed by atoms with E-state index in [1.165, 1.54) is 16.8 Å². The zero-order valence-corrected chi connectivity index (χ0v) is 7.54. The van der Waals surface area contributed by atoms with E-state index in [1.807, 2.05) is 0 Å². The van der Waals surface area contributed by atoms with Crippen molar-refractivity contribution in [2.24, 2.45) is 0 Å². The predicted octanol–water partition coefficient (Wildman–Crippen LogP) is 1.47. The first-order valence-corrected chi connectivity index (χ1v) is 3.99. The number of aryl methyl sites for hydroxylation is 1. The van der Waals surface area contributed by atoms with Gasteiger partial charge in [0.15, 0.2) is 0 Å². The molecule has 0 saturated heterocycles. The van der Waals surface area contributed by atoms with Crippen molar-refractivity contribution in [2.45, 2.75) is 20.1 Å². The fourth-order valence-electron chi connectivity index (χ4n) is 1.11. The van der Waals surface area contributed by atoms with Crippen molar-refractivity contribution >= 4 is 11.7 Å². The molecule has 1 aromatic heterocycles. The van der Waals surface area contributed by atoms with Crippen LogP contribution in [0.25, 0.3) is 0 Å². The minimum absolute atomic E-state index is 0.0327. The molecule has 0 aliphatic rings. The average molecular weight is 204 g/mol. The number of anilines is 1. The Morgan fingerprint density at radius 1 is 1.71 bits per heavy atom. The molecule has 0 atom stereocenters. The second kappa shape index (κ2) is 4.08. The van der Waals surface area contributed by atoms with Gasteiger partial charge in [0, 0.05) is 12.7 Å². The van der Waals surface area contributed by atoms with Crippen molar-refractivity contribution < 1.29 is 18.3 Å². The first-order valence-electron chi connectivity index (χ1n) is 3.99. The zero-order valence-electron chi connectivity index (χ0n) is 7.54. The van der Waals surface area contributed by atoms with Crippen LogP contribution in [0.2, 0.25) is 0 Å². The minimum Gasteiger partial charge on any atom is -0.398 e. The van der Waals surface area contributed by atoms with Crippen molar-refractivity contribution in [3.63, 3.8) is 0 Å². The first kappa shape index (κ1) is 10.5. The van der Waals surface area contributed by atoms with Crippen LogP contribution in [-0.4, -0.2) is 17.1 Å². The van der Waals surface area contributed by atoms with E-state index in [0.717, 1.165) is 0 Å². The summed E-state index contributed by atoms with van der Waals surface area (Å²) in [7, 11) is 0. The van der Waals surface area contributed by atoms with Gasteiger partial charge in [0.1, 0.15) is 5.69 Å². The van der Waals surface area contributed by atoms with Crippen LogP contribution in [0.3, 0.4) is 0 Å². The second-order valence-corrected chi connectivity index (χ2v) is 2.61. The topological polar surface area (TPSA) is 57.2 Å². The van der Waals surface area contributed by atoms with Gasteiger partial charge < -0.3 is 15.0 Å². The van der Waals surface area contributed by atoms with Gasteiger partial charge in [0.05, 0.1) is 5.69 Å². The van der Waals surface area contributed by atoms with Crippen LogP contribution in [-0.2, 0) is 11.3 Å². The lowest BCUT2D eigenvalue weighted by molar-refractivity contribution is -0.0912. The molecular formula is C8H10F2N2O2. The molecule has 0 saturated carbocycles. The van der Waals surface area contributed by atoms with Gasteiger partial charge in [-0.15, -0.1) is 0 Å². The Kier molecular flexibility index (Phi) is 3.06. The highest BCUT2D eigenvalue weighted by atomic mass is 19.3. The van der Waals surface area contributed by atoms with E-state index < -0.39 is 12.6 Å². The number of nitrogens with zero attached hydrogens (tertiary/aromatic N) is 1. The van der Waals surface area contributed by atoms with E-state index in [0.29, 0.717) is 12.2 Å². The standard InChI is InChI=1S/C8H10F2N2O2/c1-2-12-4-5(11)3-6(12)7(13)14-8(9)10/h3-4,8H,2,11H2,1H3.